The van der Waals surface area contributed by atoms with Crippen molar-refractivity contribution in [2.45, 2.75) is 76.3 Å². The van der Waals surface area contributed by atoms with Crippen LogP contribution in [0.1, 0.15) is 69.8 Å². The van der Waals surface area contributed by atoms with Gasteiger partial charge in [-0.05, 0) is 61.2 Å². The molecule has 4 rings (SSSR count). The van der Waals surface area contributed by atoms with Crippen molar-refractivity contribution in [3.8, 4) is 0 Å². The van der Waals surface area contributed by atoms with Gasteiger partial charge in [-0.25, -0.2) is 0 Å². The van der Waals surface area contributed by atoms with Gasteiger partial charge in [-0.2, -0.15) is 0 Å². The zero-order valence-corrected chi connectivity index (χ0v) is 18.3. The van der Waals surface area contributed by atoms with Crippen LogP contribution in [-0.4, -0.2) is 28.1 Å². The molecule has 0 aromatic heterocycles. The Balaban J connectivity index is 1.63. The molecule has 1 aliphatic heterocycles. The van der Waals surface area contributed by atoms with Gasteiger partial charge >= 0.3 is 0 Å². The number of amides is 1. The van der Waals surface area contributed by atoms with E-state index < -0.39 is 0 Å². The van der Waals surface area contributed by atoms with Gasteiger partial charge in [0.2, 0.25) is 0 Å². The third-order valence-corrected chi connectivity index (χ3v) is 7.62. The van der Waals surface area contributed by atoms with E-state index in [9.17, 15) is 4.79 Å². The highest BCUT2D eigenvalue weighted by molar-refractivity contribution is 8.18. The second-order valence-electron chi connectivity index (χ2n) is 7.95. The molecule has 1 amide bonds. The summed E-state index contributed by atoms with van der Waals surface area (Å²) in [4.78, 5) is 21.1. The Bertz CT molecular complexity index is 796. The molecule has 0 atom stereocenters. The van der Waals surface area contributed by atoms with Crippen molar-refractivity contribution in [2.75, 3.05) is 0 Å². The summed E-state index contributed by atoms with van der Waals surface area (Å²) in [6.07, 6.45) is 13.8. The van der Waals surface area contributed by atoms with Crippen LogP contribution >= 0.6 is 35.0 Å². The van der Waals surface area contributed by atoms with Crippen LogP contribution in [0.3, 0.4) is 0 Å². The van der Waals surface area contributed by atoms with Crippen molar-refractivity contribution in [3.05, 3.63) is 38.7 Å². The van der Waals surface area contributed by atoms with E-state index in [1.807, 2.05) is 23.1 Å². The van der Waals surface area contributed by atoms with Crippen LogP contribution in [0.5, 0.6) is 0 Å². The van der Waals surface area contributed by atoms with Gasteiger partial charge < -0.3 is 0 Å². The van der Waals surface area contributed by atoms with Gasteiger partial charge in [0.1, 0.15) is 0 Å². The zero-order chi connectivity index (χ0) is 19.5. The number of benzene rings is 1. The molecule has 0 bridgehead atoms. The van der Waals surface area contributed by atoms with E-state index in [1.165, 1.54) is 50.3 Å². The highest BCUT2D eigenvalue weighted by Gasteiger charge is 2.39. The predicted octanol–water partition coefficient (Wildman–Crippen LogP) is 6.93. The first-order valence-corrected chi connectivity index (χ1v) is 11.9. The average Bonchev–Trinajstić information content (AvgIpc) is 3.01. The van der Waals surface area contributed by atoms with E-state index in [0.717, 1.165) is 41.3 Å². The summed E-state index contributed by atoms with van der Waals surface area (Å²) in [5.74, 6) is 0.0949. The molecule has 1 aromatic rings. The lowest BCUT2D eigenvalue weighted by molar-refractivity contribution is -0.124. The molecule has 1 heterocycles. The molecule has 3 fully saturated rings. The lowest BCUT2D eigenvalue weighted by Gasteiger charge is -2.31. The summed E-state index contributed by atoms with van der Waals surface area (Å²) in [6, 6.07) is 6.13. The SMILES string of the molecule is O=C1C(=Cc2ccc(Cl)c(Cl)c2)SC(=NC2CCCCC2)N1C1CCCCC1. The Labute approximate surface area is 181 Å². The number of halogens is 2. The topological polar surface area (TPSA) is 32.7 Å². The van der Waals surface area contributed by atoms with Gasteiger partial charge in [0.05, 0.1) is 21.0 Å². The standard InChI is InChI=1S/C22H26Cl2N2OS/c23-18-12-11-15(13-19(18)24)14-20-21(27)26(17-9-5-2-6-10-17)22(28-20)25-16-7-3-1-4-8-16/h11-14,16-17H,1-10H2. The number of amidine groups is 1. The molecule has 0 radical (unpaired) electrons. The van der Waals surface area contributed by atoms with E-state index in [1.54, 1.807) is 6.07 Å². The number of rotatable bonds is 3. The van der Waals surface area contributed by atoms with Crippen LogP contribution in [0, 0.1) is 0 Å². The fraction of sp³-hybridized carbons (Fsp3) is 0.545. The molecule has 1 aromatic carbocycles. The Hall–Kier alpha value is -0.970. The summed E-state index contributed by atoms with van der Waals surface area (Å²) in [7, 11) is 0. The first-order valence-electron chi connectivity index (χ1n) is 10.4. The van der Waals surface area contributed by atoms with Gasteiger partial charge in [0.25, 0.3) is 5.91 Å². The van der Waals surface area contributed by atoms with Crippen molar-refractivity contribution in [1.29, 1.82) is 0 Å². The second kappa shape index (κ2) is 9.23. The number of hydrogen-bond acceptors (Lipinski definition) is 3. The quantitative estimate of drug-likeness (QED) is 0.480. The summed E-state index contributed by atoms with van der Waals surface area (Å²) >= 11 is 13.7. The number of thioether (sulfide) groups is 1. The van der Waals surface area contributed by atoms with E-state index in [-0.39, 0.29) is 11.9 Å². The van der Waals surface area contributed by atoms with Crippen molar-refractivity contribution >= 4 is 52.1 Å². The Morgan fingerprint density at radius 2 is 1.64 bits per heavy atom. The van der Waals surface area contributed by atoms with Crippen LogP contribution in [0.15, 0.2) is 28.1 Å². The smallest absolute Gasteiger partial charge is 0.266 e. The minimum atomic E-state index is 0.0949. The van der Waals surface area contributed by atoms with E-state index in [4.69, 9.17) is 28.2 Å². The second-order valence-corrected chi connectivity index (χ2v) is 9.78. The molecule has 0 spiro atoms. The molecule has 6 heteroatoms. The molecule has 3 aliphatic rings. The van der Waals surface area contributed by atoms with Crippen LogP contribution < -0.4 is 0 Å². The largest absolute Gasteiger partial charge is 0.284 e. The molecule has 0 N–H and O–H groups in total. The Morgan fingerprint density at radius 3 is 2.32 bits per heavy atom. The normalized spacial score (nSPS) is 25.2. The number of nitrogens with zero attached hydrogens (tertiary/aromatic N) is 2. The summed E-state index contributed by atoms with van der Waals surface area (Å²) < 4.78 is 0. The van der Waals surface area contributed by atoms with Crippen molar-refractivity contribution < 1.29 is 4.79 Å². The molecular formula is C22H26Cl2N2OS. The van der Waals surface area contributed by atoms with Crippen molar-refractivity contribution in [3.63, 3.8) is 0 Å². The van der Waals surface area contributed by atoms with Gasteiger partial charge in [-0.15, -0.1) is 0 Å². The fourth-order valence-electron chi connectivity index (χ4n) is 4.36. The molecule has 2 aliphatic carbocycles. The van der Waals surface area contributed by atoms with Gasteiger partial charge in [-0.1, -0.05) is 67.8 Å². The van der Waals surface area contributed by atoms with Crippen LogP contribution in [0.4, 0.5) is 0 Å². The molecule has 3 nitrogen and oxygen atoms in total. The molecular weight excluding hydrogens is 411 g/mol. The highest BCUT2D eigenvalue weighted by atomic mass is 35.5. The van der Waals surface area contributed by atoms with Crippen LogP contribution in [0.2, 0.25) is 10.0 Å². The first kappa shape index (κ1) is 20.3. The first-order chi connectivity index (χ1) is 13.6. The van der Waals surface area contributed by atoms with Crippen LogP contribution in [0.25, 0.3) is 6.08 Å². The minimum Gasteiger partial charge on any atom is -0.284 e. The number of carbonyl (C=O) groups excluding carboxylic acids is 1. The van der Waals surface area contributed by atoms with Crippen LogP contribution in [-0.2, 0) is 4.79 Å². The van der Waals surface area contributed by atoms with E-state index in [0.29, 0.717) is 16.1 Å². The molecule has 2 saturated carbocycles. The zero-order valence-electron chi connectivity index (χ0n) is 16.0. The maximum Gasteiger partial charge on any atom is 0.266 e. The maximum absolute atomic E-state index is 13.3. The third-order valence-electron chi connectivity index (χ3n) is 5.89. The number of hydrogen-bond donors (Lipinski definition) is 0. The average molecular weight is 437 g/mol. The van der Waals surface area contributed by atoms with Crippen molar-refractivity contribution in [1.82, 2.24) is 4.90 Å². The van der Waals surface area contributed by atoms with E-state index >= 15 is 0 Å². The number of aliphatic imine (C=N–C) groups is 1. The summed E-state index contributed by atoms with van der Waals surface area (Å²) in [5.41, 5.74) is 0.896. The molecule has 0 unspecified atom stereocenters. The molecule has 150 valence electrons. The monoisotopic (exact) mass is 436 g/mol. The Morgan fingerprint density at radius 1 is 0.964 bits per heavy atom. The summed E-state index contributed by atoms with van der Waals surface area (Å²) in [6.45, 7) is 0. The summed E-state index contributed by atoms with van der Waals surface area (Å²) in [5, 5.41) is 1.94. The van der Waals surface area contributed by atoms with Gasteiger partial charge in [-0.3, -0.25) is 14.7 Å². The van der Waals surface area contributed by atoms with Gasteiger partial charge in [0, 0.05) is 6.04 Å². The lowest BCUT2D eigenvalue weighted by atomic mass is 9.94. The van der Waals surface area contributed by atoms with E-state index in [2.05, 4.69) is 0 Å². The Kier molecular flexibility index (Phi) is 6.70. The molecule has 1 saturated heterocycles. The molecule has 28 heavy (non-hydrogen) atoms. The minimum absolute atomic E-state index is 0.0949. The van der Waals surface area contributed by atoms with Gasteiger partial charge in [0.15, 0.2) is 5.17 Å². The highest BCUT2D eigenvalue weighted by Crippen LogP contribution is 2.38. The predicted molar refractivity (Wildman–Crippen MR) is 120 cm³/mol. The maximum atomic E-state index is 13.3. The number of carbonyl (C=O) groups is 1. The lowest BCUT2D eigenvalue weighted by Crippen LogP contribution is -2.41. The van der Waals surface area contributed by atoms with Crippen molar-refractivity contribution in [2.24, 2.45) is 4.99 Å². The third kappa shape index (κ3) is 4.60. The fourth-order valence-corrected chi connectivity index (χ4v) is 5.77.